The molecule has 0 radical (unpaired) electrons. The first-order chi connectivity index (χ1) is 10.8. The van der Waals surface area contributed by atoms with E-state index >= 15 is 0 Å². The van der Waals surface area contributed by atoms with Crippen LogP contribution >= 0.6 is 0 Å². The minimum Gasteiger partial charge on any atom is -0.496 e. The van der Waals surface area contributed by atoms with E-state index in [1.165, 1.54) is 17.5 Å². The molecule has 0 unspecified atom stereocenters. The Morgan fingerprint density at radius 2 is 2.09 bits per heavy atom. The number of pyridine rings is 1. The van der Waals surface area contributed by atoms with Crippen molar-refractivity contribution >= 4 is 5.91 Å². The molecule has 0 saturated carbocycles. The number of methoxy groups -OCH3 is 1. The number of amides is 1. The topological polar surface area (TPSA) is 42.4 Å². The predicted octanol–water partition coefficient (Wildman–Crippen LogP) is 2.73. The Kier molecular flexibility index (Phi) is 3.10. The number of aryl methyl sites for hydroxylation is 2. The van der Waals surface area contributed by atoms with Crippen LogP contribution in [0.25, 0.3) is 0 Å². The summed E-state index contributed by atoms with van der Waals surface area (Å²) in [5, 5.41) is 0. The molecule has 22 heavy (non-hydrogen) atoms. The number of ether oxygens (including phenoxy) is 1. The van der Waals surface area contributed by atoms with E-state index in [0.29, 0.717) is 13.1 Å². The molecule has 1 aliphatic carbocycles. The lowest BCUT2D eigenvalue weighted by Crippen LogP contribution is -2.23. The molecule has 1 aromatic heterocycles. The summed E-state index contributed by atoms with van der Waals surface area (Å²) in [7, 11) is 1.70. The van der Waals surface area contributed by atoms with Gasteiger partial charge in [-0.1, -0.05) is 6.07 Å². The van der Waals surface area contributed by atoms with Crippen LogP contribution in [0.5, 0.6) is 5.75 Å². The summed E-state index contributed by atoms with van der Waals surface area (Å²) >= 11 is 0. The predicted molar refractivity (Wildman–Crippen MR) is 82.8 cm³/mol. The molecule has 0 spiro atoms. The van der Waals surface area contributed by atoms with Gasteiger partial charge in [0.15, 0.2) is 0 Å². The summed E-state index contributed by atoms with van der Waals surface area (Å²) in [4.78, 5) is 18.6. The van der Waals surface area contributed by atoms with Crippen LogP contribution in [-0.2, 0) is 25.9 Å². The number of fused-ring (bicyclic) bond motifs is 2. The van der Waals surface area contributed by atoms with Gasteiger partial charge < -0.3 is 9.64 Å². The zero-order valence-corrected chi connectivity index (χ0v) is 12.6. The van der Waals surface area contributed by atoms with Gasteiger partial charge in [-0.25, -0.2) is 0 Å². The van der Waals surface area contributed by atoms with Crippen molar-refractivity contribution in [1.29, 1.82) is 0 Å². The molecule has 0 bridgehead atoms. The van der Waals surface area contributed by atoms with Gasteiger partial charge in [-0.15, -0.1) is 0 Å². The Bertz CT molecular complexity index is 755. The van der Waals surface area contributed by atoms with E-state index in [9.17, 15) is 4.79 Å². The van der Waals surface area contributed by atoms with Crippen molar-refractivity contribution in [3.05, 3.63) is 58.4 Å². The number of hydrogen-bond donors (Lipinski definition) is 0. The van der Waals surface area contributed by atoms with Gasteiger partial charge in [0.25, 0.3) is 5.91 Å². The average molecular weight is 294 g/mol. The summed E-state index contributed by atoms with van der Waals surface area (Å²) < 4.78 is 5.54. The van der Waals surface area contributed by atoms with Crippen molar-refractivity contribution in [2.75, 3.05) is 7.11 Å². The van der Waals surface area contributed by atoms with Crippen molar-refractivity contribution in [3.8, 4) is 5.75 Å². The zero-order chi connectivity index (χ0) is 15.1. The van der Waals surface area contributed by atoms with Crippen LogP contribution in [0.3, 0.4) is 0 Å². The van der Waals surface area contributed by atoms with E-state index in [0.717, 1.165) is 35.4 Å². The largest absolute Gasteiger partial charge is 0.496 e. The van der Waals surface area contributed by atoms with Gasteiger partial charge in [-0.05, 0) is 48.6 Å². The molecule has 0 N–H and O–H groups in total. The lowest BCUT2D eigenvalue weighted by Gasteiger charge is -2.18. The monoisotopic (exact) mass is 294 g/mol. The number of carbonyl (C=O) groups is 1. The molecule has 1 aliphatic heterocycles. The summed E-state index contributed by atoms with van der Waals surface area (Å²) in [6, 6.07) is 8.02. The van der Waals surface area contributed by atoms with E-state index in [1.807, 2.05) is 17.0 Å². The first-order valence-corrected chi connectivity index (χ1v) is 7.68. The highest BCUT2D eigenvalue weighted by atomic mass is 16.5. The summed E-state index contributed by atoms with van der Waals surface area (Å²) in [6.07, 6.45) is 5.21. The van der Waals surface area contributed by atoms with Crippen molar-refractivity contribution in [1.82, 2.24) is 9.88 Å². The summed E-state index contributed by atoms with van der Waals surface area (Å²) in [6.45, 7) is 1.15. The summed E-state index contributed by atoms with van der Waals surface area (Å²) in [5.41, 5.74) is 5.47. The SMILES string of the molecule is COc1cc2c(cc1CN1Cc3ncccc3C1=O)CCC2. The van der Waals surface area contributed by atoms with Gasteiger partial charge in [0.05, 0.1) is 31.5 Å². The molecule has 0 fully saturated rings. The van der Waals surface area contributed by atoms with Gasteiger partial charge >= 0.3 is 0 Å². The standard InChI is InChI=1S/C18H18N2O2/c1-22-17-9-13-5-2-4-12(13)8-14(17)10-20-11-16-15(18(20)21)6-3-7-19-16/h3,6-9H,2,4-5,10-11H2,1H3. The summed E-state index contributed by atoms with van der Waals surface area (Å²) in [5.74, 6) is 0.947. The smallest absolute Gasteiger partial charge is 0.256 e. The average Bonchev–Trinajstić information content (AvgIpc) is 3.12. The van der Waals surface area contributed by atoms with Crippen molar-refractivity contribution in [2.24, 2.45) is 0 Å². The number of hydrogen-bond acceptors (Lipinski definition) is 3. The number of carbonyl (C=O) groups excluding carboxylic acids is 1. The fraction of sp³-hybridized carbons (Fsp3) is 0.333. The molecule has 1 aromatic carbocycles. The van der Waals surface area contributed by atoms with Crippen molar-refractivity contribution in [2.45, 2.75) is 32.4 Å². The molecule has 4 rings (SSSR count). The lowest BCUT2D eigenvalue weighted by atomic mass is 10.0. The first kappa shape index (κ1) is 13.3. The maximum absolute atomic E-state index is 12.5. The van der Waals surface area contributed by atoms with Crippen LogP contribution in [0.15, 0.2) is 30.5 Å². The molecule has 4 nitrogen and oxygen atoms in total. The molecule has 2 aliphatic rings. The second-order valence-electron chi connectivity index (χ2n) is 5.95. The van der Waals surface area contributed by atoms with Crippen LogP contribution in [0.2, 0.25) is 0 Å². The number of aromatic nitrogens is 1. The van der Waals surface area contributed by atoms with Gasteiger partial charge in [0, 0.05) is 11.8 Å². The molecule has 2 heterocycles. The van der Waals surface area contributed by atoms with Crippen LogP contribution < -0.4 is 4.74 Å². The maximum Gasteiger partial charge on any atom is 0.256 e. The zero-order valence-electron chi connectivity index (χ0n) is 12.6. The quantitative estimate of drug-likeness (QED) is 0.874. The third-order valence-electron chi connectivity index (χ3n) is 4.60. The number of nitrogens with zero attached hydrogens (tertiary/aromatic N) is 2. The van der Waals surface area contributed by atoms with Crippen LogP contribution in [0.1, 0.15) is 39.2 Å². The van der Waals surface area contributed by atoms with Gasteiger partial charge in [0.2, 0.25) is 0 Å². The third-order valence-corrected chi connectivity index (χ3v) is 4.60. The Labute approximate surface area is 129 Å². The molecule has 2 aromatic rings. The highest BCUT2D eigenvalue weighted by molar-refractivity contribution is 5.97. The Morgan fingerprint density at radius 1 is 1.27 bits per heavy atom. The molecule has 4 heteroatoms. The van der Waals surface area contributed by atoms with Gasteiger partial charge in [-0.2, -0.15) is 0 Å². The lowest BCUT2D eigenvalue weighted by molar-refractivity contribution is 0.0765. The van der Waals surface area contributed by atoms with Crippen LogP contribution in [0.4, 0.5) is 0 Å². The van der Waals surface area contributed by atoms with E-state index in [-0.39, 0.29) is 5.91 Å². The van der Waals surface area contributed by atoms with Crippen molar-refractivity contribution in [3.63, 3.8) is 0 Å². The second kappa shape index (κ2) is 5.13. The molecular formula is C18H18N2O2. The minimum atomic E-state index is 0.0608. The maximum atomic E-state index is 12.5. The highest BCUT2D eigenvalue weighted by Gasteiger charge is 2.29. The second-order valence-corrected chi connectivity index (χ2v) is 5.95. The Hall–Kier alpha value is -2.36. The fourth-order valence-corrected chi connectivity index (χ4v) is 3.48. The van der Waals surface area contributed by atoms with E-state index in [4.69, 9.17) is 4.74 Å². The van der Waals surface area contributed by atoms with Crippen LogP contribution in [-0.4, -0.2) is 22.9 Å². The van der Waals surface area contributed by atoms with E-state index < -0.39 is 0 Å². The Balaban J connectivity index is 1.64. The fourth-order valence-electron chi connectivity index (χ4n) is 3.48. The highest BCUT2D eigenvalue weighted by Crippen LogP contribution is 2.32. The van der Waals surface area contributed by atoms with Crippen molar-refractivity contribution < 1.29 is 9.53 Å². The molecular weight excluding hydrogens is 276 g/mol. The first-order valence-electron chi connectivity index (χ1n) is 7.68. The number of rotatable bonds is 3. The van der Waals surface area contributed by atoms with Crippen LogP contribution in [0, 0.1) is 0 Å². The number of benzene rings is 1. The molecule has 112 valence electrons. The van der Waals surface area contributed by atoms with E-state index in [1.54, 1.807) is 13.3 Å². The molecule has 1 amide bonds. The minimum absolute atomic E-state index is 0.0608. The normalized spacial score (nSPS) is 15.9. The third kappa shape index (κ3) is 2.06. The molecule has 0 saturated heterocycles. The molecule has 0 atom stereocenters. The van der Waals surface area contributed by atoms with Gasteiger partial charge in [0.1, 0.15) is 5.75 Å². The van der Waals surface area contributed by atoms with Gasteiger partial charge in [-0.3, -0.25) is 9.78 Å². The Morgan fingerprint density at radius 3 is 2.86 bits per heavy atom. The van der Waals surface area contributed by atoms with E-state index in [2.05, 4.69) is 17.1 Å².